The molecule has 3 nitrogen and oxygen atoms in total. The van der Waals surface area contributed by atoms with Crippen LogP contribution in [0.5, 0.6) is 0 Å². The van der Waals surface area contributed by atoms with E-state index in [2.05, 4.69) is 5.32 Å². The Kier molecular flexibility index (Phi) is 3.96. The van der Waals surface area contributed by atoms with E-state index in [-0.39, 0.29) is 10.7 Å². The van der Waals surface area contributed by atoms with E-state index in [4.69, 9.17) is 17.3 Å². The summed E-state index contributed by atoms with van der Waals surface area (Å²) in [6, 6.07) is 6.54. The number of halogens is 2. The van der Waals surface area contributed by atoms with Gasteiger partial charge < -0.3 is 11.1 Å². The van der Waals surface area contributed by atoms with Crippen molar-refractivity contribution in [3.63, 3.8) is 0 Å². The third-order valence-corrected chi connectivity index (χ3v) is 3.60. The fourth-order valence-electron chi connectivity index (χ4n) is 1.40. The first-order valence-electron chi connectivity index (χ1n) is 5.13. The van der Waals surface area contributed by atoms with E-state index in [0.29, 0.717) is 0 Å². The van der Waals surface area contributed by atoms with Crippen molar-refractivity contribution in [3.05, 3.63) is 51.4 Å². The quantitative estimate of drug-likeness (QED) is 0.909. The number of rotatable bonds is 3. The molecule has 0 fully saturated rings. The lowest BCUT2D eigenvalue weighted by atomic mass is 10.2. The van der Waals surface area contributed by atoms with E-state index in [0.717, 1.165) is 10.9 Å². The second kappa shape index (κ2) is 5.48. The van der Waals surface area contributed by atoms with Crippen molar-refractivity contribution < 1.29 is 9.18 Å². The van der Waals surface area contributed by atoms with Crippen LogP contribution in [0.25, 0.3) is 0 Å². The van der Waals surface area contributed by atoms with Crippen LogP contribution in [-0.4, -0.2) is 5.91 Å². The Hall–Kier alpha value is -1.43. The second-order valence-corrected chi connectivity index (χ2v) is 4.99. The summed E-state index contributed by atoms with van der Waals surface area (Å²) in [4.78, 5) is 12.6. The first kappa shape index (κ1) is 13.0. The Labute approximate surface area is 112 Å². The van der Waals surface area contributed by atoms with Crippen molar-refractivity contribution in [2.45, 2.75) is 6.04 Å². The largest absolute Gasteiger partial charge is 0.323 e. The van der Waals surface area contributed by atoms with Crippen molar-refractivity contribution in [2.75, 3.05) is 5.32 Å². The number of carbonyl (C=O) groups is 1. The summed E-state index contributed by atoms with van der Waals surface area (Å²) < 4.78 is 13.0. The van der Waals surface area contributed by atoms with Gasteiger partial charge in [-0.3, -0.25) is 4.79 Å². The maximum atomic E-state index is 13.0. The molecule has 0 aliphatic rings. The van der Waals surface area contributed by atoms with Gasteiger partial charge in [0.05, 0.1) is 10.7 Å². The Balaban J connectivity index is 2.14. The summed E-state index contributed by atoms with van der Waals surface area (Å²) in [5.41, 5.74) is 6.00. The first-order valence-corrected chi connectivity index (χ1v) is 6.38. The minimum Gasteiger partial charge on any atom is -0.323 e. The van der Waals surface area contributed by atoms with Crippen molar-refractivity contribution in [1.29, 1.82) is 0 Å². The Morgan fingerprint density at radius 3 is 2.89 bits per heavy atom. The molecule has 1 atom stereocenters. The highest BCUT2D eigenvalue weighted by molar-refractivity contribution is 7.10. The van der Waals surface area contributed by atoms with Gasteiger partial charge in [-0.15, -0.1) is 11.3 Å². The van der Waals surface area contributed by atoms with Gasteiger partial charge in [-0.2, -0.15) is 0 Å². The highest BCUT2D eigenvalue weighted by Gasteiger charge is 2.17. The van der Waals surface area contributed by atoms with Crippen LogP contribution in [0.1, 0.15) is 10.9 Å². The summed E-state index contributed by atoms with van der Waals surface area (Å²) in [6.07, 6.45) is 0. The van der Waals surface area contributed by atoms with Gasteiger partial charge in [-0.1, -0.05) is 17.7 Å². The smallest absolute Gasteiger partial charge is 0.246 e. The maximum absolute atomic E-state index is 13.0. The lowest BCUT2D eigenvalue weighted by Gasteiger charge is -2.11. The Morgan fingerprint density at radius 2 is 2.22 bits per heavy atom. The molecule has 0 spiro atoms. The van der Waals surface area contributed by atoms with Gasteiger partial charge in [0.25, 0.3) is 0 Å². The van der Waals surface area contributed by atoms with Crippen molar-refractivity contribution in [1.82, 2.24) is 0 Å². The van der Waals surface area contributed by atoms with E-state index in [1.165, 1.54) is 23.5 Å². The number of hydrogen-bond acceptors (Lipinski definition) is 3. The number of nitrogens with two attached hydrogens (primary N) is 1. The molecule has 0 aliphatic carbocycles. The maximum Gasteiger partial charge on any atom is 0.246 e. The van der Waals surface area contributed by atoms with Crippen LogP contribution >= 0.6 is 22.9 Å². The summed E-state index contributed by atoms with van der Waals surface area (Å²) >= 11 is 7.23. The van der Waals surface area contributed by atoms with Crippen LogP contribution in [0.15, 0.2) is 35.7 Å². The molecule has 1 unspecified atom stereocenters. The molecule has 0 saturated heterocycles. The average molecular weight is 285 g/mol. The molecule has 2 rings (SSSR count). The second-order valence-electron chi connectivity index (χ2n) is 3.61. The van der Waals surface area contributed by atoms with Crippen molar-refractivity contribution in [2.24, 2.45) is 5.73 Å². The minimum atomic E-state index is -0.788. The van der Waals surface area contributed by atoms with Gasteiger partial charge in [0.15, 0.2) is 0 Å². The zero-order valence-corrected chi connectivity index (χ0v) is 10.8. The highest BCUT2D eigenvalue weighted by atomic mass is 35.5. The minimum absolute atomic E-state index is 0.216. The van der Waals surface area contributed by atoms with Gasteiger partial charge >= 0.3 is 0 Å². The van der Waals surface area contributed by atoms with Crippen molar-refractivity contribution in [3.8, 4) is 0 Å². The van der Waals surface area contributed by atoms with Crippen LogP contribution in [0, 0.1) is 5.82 Å². The van der Waals surface area contributed by atoms with E-state index in [1.807, 2.05) is 11.4 Å². The van der Waals surface area contributed by atoms with E-state index in [9.17, 15) is 9.18 Å². The predicted molar refractivity (Wildman–Crippen MR) is 71.3 cm³/mol. The monoisotopic (exact) mass is 284 g/mol. The molecule has 1 aromatic heterocycles. The Bertz CT molecular complexity index is 559. The van der Waals surface area contributed by atoms with E-state index >= 15 is 0 Å². The van der Waals surface area contributed by atoms with Gasteiger partial charge in [0.1, 0.15) is 11.9 Å². The SMILES string of the molecule is NC(C(=O)Nc1cc(F)ccc1Cl)c1cccs1. The molecule has 1 amide bonds. The summed E-state index contributed by atoms with van der Waals surface area (Å²) in [5, 5.41) is 4.61. The molecule has 1 aromatic carbocycles. The summed E-state index contributed by atoms with van der Waals surface area (Å²) in [6.45, 7) is 0. The van der Waals surface area contributed by atoms with Gasteiger partial charge in [-0.25, -0.2) is 4.39 Å². The topological polar surface area (TPSA) is 55.1 Å². The van der Waals surface area contributed by atoms with Gasteiger partial charge in [-0.05, 0) is 29.6 Å². The molecule has 18 heavy (non-hydrogen) atoms. The number of anilines is 1. The lowest BCUT2D eigenvalue weighted by molar-refractivity contribution is -0.117. The van der Waals surface area contributed by atoms with E-state index in [1.54, 1.807) is 6.07 Å². The van der Waals surface area contributed by atoms with Crippen LogP contribution in [0.3, 0.4) is 0 Å². The molecule has 0 bridgehead atoms. The fourth-order valence-corrected chi connectivity index (χ4v) is 2.29. The average Bonchev–Trinajstić information content (AvgIpc) is 2.86. The molecular weight excluding hydrogens is 275 g/mol. The van der Waals surface area contributed by atoms with Crippen LogP contribution in [0.4, 0.5) is 10.1 Å². The zero-order chi connectivity index (χ0) is 13.1. The third-order valence-electron chi connectivity index (χ3n) is 2.32. The van der Waals surface area contributed by atoms with Crippen LogP contribution < -0.4 is 11.1 Å². The molecule has 0 aliphatic heterocycles. The Morgan fingerprint density at radius 1 is 1.44 bits per heavy atom. The third kappa shape index (κ3) is 2.87. The molecule has 6 heteroatoms. The van der Waals surface area contributed by atoms with Crippen LogP contribution in [-0.2, 0) is 4.79 Å². The number of thiophene rings is 1. The van der Waals surface area contributed by atoms with Gasteiger partial charge in [0.2, 0.25) is 5.91 Å². The molecule has 1 heterocycles. The zero-order valence-electron chi connectivity index (χ0n) is 9.19. The molecule has 94 valence electrons. The number of nitrogens with one attached hydrogen (secondary N) is 1. The number of amides is 1. The first-order chi connectivity index (χ1) is 8.58. The lowest BCUT2D eigenvalue weighted by Crippen LogP contribution is -2.27. The number of hydrogen-bond donors (Lipinski definition) is 2. The molecule has 0 radical (unpaired) electrons. The van der Waals surface area contributed by atoms with E-state index < -0.39 is 17.8 Å². The molecule has 2 aromatic rings. The normalized spacial score (nSPS) is 12.2. The number of carbonyl (C=O) groups excluding carboxylic acids is 1. The van der Waals surface area contributed by atoms with Crippen molar-refractivity contribution >= 4 is 34.5 Å². The van der Waals surface area contributed by atoms with Crippen LogP contribution in [0.2, 0.25) is 5.02 Å². The predicted octanol–water partition coefficient (Wildman–Crippen LogP) is 3.18. The number of benzene rings is 1. The van der Waals surface area contributed by atoms with Gasteiger partial charge in [0, 0.05) is 4.88 Å². The standard InChI is InChI=1S/C12H10ClFN2OS/c13-8-4-3-7(14)6-9(8)16-12(17)11(15)10-2-1-5-18-10/h1-6,11H,15H2,(H,16,17). The molecular formula is C12H10ClFN2OS. The fraction of sp³-hybridized carbons (Fsp3) is 0.0833. The molecule has 0 saturated carbocycles. The summed E-state index contributed by atoms with van der Waals surface area (Å²) in [5.74, 6) is -0.899. The molecule has 3 N–H and O–H groups in total. The summed E-state index contributed by atoms with van der Waals surface area (Å²) in [7, 11) is 0. The highest BCUT2D eigenvalue weighted by Crippen LogP contribution is 2.24.